The quantitative estimate of drug-likeness (QED) is 0.743. The maximum atomic E-state index is 12.6. The van der Waals surface area contributed by atoms with Crippen molar-refractivity contribution in [1.29, 1.82) is 0 Å². The molecule has 3 rings (SSSR count). The summed E-state index contributed by atoms with van der Waals surface area (Å²) in [6, 6.07) is 6.83. The third kappa shape index (κ3) is 4.37. The van der Waals surface area contributed by atoms with Gasteiger partial charge in [0.05, 0.1) is 7.11 Å². The molecule has 2 heterocycles. The first-order valence-electron chi connectivity index (χ1n) is 9.67. The number of anilines is 1. The lowest BCUT2D eigenvalue weighted by Crippen LogP contribution is -2.52. The number of methoxy groups -OCH3 is 1. The van der Waals surface area contributed by atoms with E-state index in [1.54, 1.807) is 12.0 Å². The van der Waals surface area contributed by atoms with Crippen molar-refractivity contribution in [3.63, 3.8) is 0 Å². The first-order chi connectivity index (χ1) is 13.4. The van der Waals surface area contributed by atoms with Crippen molar-refractivity contribution in [2.45, 2.75) is 26.3 Å². The second-order valence-corrected chi connectivity index (χ2v) is 7.62. The van der Waals surface area contributed by atoms with Gasteiger partial charge in [0.15, 0.2) is 0 Å². The number of benzene rings is 1. The van der Waals surface area contributed by atoms with Crippen molar-refractivity contribution in [3.05, 3.63) is 24.3 Å². The first kappa shape index (κ1) is 20.0. The Morgan fingerprint density at radius 3 is 2.36 bits per heavy atom. The highest BCUT2D eigenvalue weighted by atomic mass is 16.5. The zero-order valence-electron chi connectivity index (χ0n) is 16.7. The highest BCUT2D eigenvalue weighted by molar-refractivity contribution is 6.06. The summed E-state index contributed by atoms with van der Waals surface area (Å²) in [4.78, 5) is 42.1. The SMILES string of the molecule is COc1ccc(N2CCN(C(=O)CN3C(=O)N[C@H](CC(C)C)C3=O)CC2)cc1. The number of nitrogens with zero attached hydrogens (tertiary/aromatic N) is 3. The van der Waals surface area contributed by atoms with Crippen LogP contribution >= 0.6 is 0 Å². The molecule has 8 nitrogen and oxygen atoms in total. The van der Waals surface area contributed by atoms with Crippen LogP contribution in [0.2, 0.25) is 0 Å². The monoisotopic (exact) mass is 388 g/mol. The molecule has 0 unspecified atom stereocenters. The van der Waals surface area contributed by atoms with E-state index in [2.05, 4.69) is 10.2 Å². The van der Waals surface area contributed by atoms with Crippen molar-refractivity contribution in [3.8, 4) is 5.75 Å². The van der Waals surface area contributed by atoms with Crippen molar-refractivity contribution < 1.29 is 19.1 Å². The van der Waals surface area contributed by atoms with Crippen LogP contribution < -0.4 is 15.0 Å². The average Bonchev–Trinajstić information content (AvgIpc) is 2.95. The van der Waals surface area contributed by atoms with Crippen LogP contribution in [0.5, 0.6) is 5.75 Å². The predicted octanol–water partition coefficient (Wildman–Crippen LogP) is 1.31. The Labute approximate surface area is 165 Å². The van der Waals surface area contributed by atoms with Crippen LogP contribution in [-0.2, 0) is 9.59 Å². The minimum atomic E-state index is -0.521. The first-order valence-corrected chi connectivity index (χ1v) is 9.67. The molecule has 2 aliphatic heterocycles. The van der Waals surface area contributed by atoms with E-state index < -0.39 is 12.1 Å². The Bertz CT molecular complexity index is 726. The fraction of sp³-hybridized carbons (Fsp3) is 0.550. The van der Waals surface area contributed by atoms with E-state index in [1.165, 1.54) is 0 Å². The van der Waals surface area contributed by atoms with Gasteiger partial charge in [0.1, 0.15) is 18.3 Å². The van der Waals surface area contributed by atoms with Crippen LogP contribution in [0.4, 0.5) is 10.5 Å². The molecule has 0 spiro atoms. The van der Waals surface area contributed by atoms with Crippen molar-refractivity contribution in [1.82, 2.24) is 15.1 Å². The summed E-state index contributed by atoms with van der Waals surface area (Å²) in [5, 5.41) is 2.68. The van der Waals surface area contributed by atoms with E-state index in [1.807, 2.05) is 38.1 Å². The largest absolute Gasteiger partial charge is 0.497 e. The molecule has 1 N–H and O–H groups in total. The zero-order valence-corrected chi connectivity index (χ0v) is 16.7. The molecule has 0 saturated carbocycles. The van der Waals surface area contributed by atoms with Crippen LogP contribution in [0.15, 0.2) is 24.3 Å². The van der Waals surface area contributed by atoms with Crippen molar-refractivity contribution in [2.24, 2.45) is 5.92 Å². The Hall–Kier alpha value is -2.77. The molecule has 2 aliphatic rings. The molecule has 8 heteroatoms. The van der Waals surface area contributed by atoms with Crippen molar-refractivity contribution in [2.75, 3.05) is 44.7 Å². The molecule has 152 valence electrons. The number of urea groups is 1. The zero-order chi connectivity index (χ0) is 20.3. The number of carbonyl (C=O) groups is 3. The van der Waals surface area contributed by atoms with Gasteiger partial charge in [-0.25, -0.2) is 4.79 Å². The predicted molar refractivity (Wildman–Crippen MR) is 105 cm³/mol. The van der Waals surface area contributed by atoms with Crippen LogP contribution in [0, 0.1) is 5.92 Å². The molecule has 1 aromatic rings. The molecular weight excluding hydrogens is 360 g/mol. The molecule has 0 aromatic heterocycles. The maximum Gasteiger partial charge on any atom is 0.325 e. The third-order valence-corrected chi connectivity index (χ3v) is 5.18. The number of hydrogen-bond acceptors (Lipinski definition) is 5. The van der Waals surface area contributed by atoms with Gasteiger partial charge < -0.3 is 19.9 Å². The Morgan fingerprint density at radius 1 is 1.14 bits per heavy atom. The Balaban J connectivity index is 1.52. The van der Waals surface area contributed by atoms with E-state index in [4.69, 9.17) is 4.74 Å². The minimum absolute atomic E-state index is 0.192. The molecule has 0 aliphatic carbocycles. The lowest BCUT2D eigenvalue weighted by molar-refractivity contribution is -0.137. The summed E-state index contributed by atoms with van der Waals surface area (Å²) in [5.74, 6) is 0.602. The number of carbonyl (C=O) groups excluding carboxylic acids is 3. The highest BCUT2D eigenvalue weighted by Crippen LogP contribution is 2.21. The lowest BCUT2D eigenvalue weighted by Gasteiger charge is -2.36. The topological polar surface area (TPSA) is 82.2 Å². The standard InChI is InChI=1S/C20H28N4O4/c1-14(2)12-17-19(26)24(20(27)21-17)13-18(25)23-10-8-22(9-11-23)15-4-6-16(28-3)7-5-15/h4-7,14,17H,8-13H2,1-3H3,(H,21,27)/t17-/m1/s1. The molecule has 4 amide bonds. The highest BCUT2D eigenvalue weighted by Gasteiger charge is 2.39. The molecule has 0 bridgehead atoms. The van der Waals surface area contributed by atoms with Gasteiger partial charge in [-0.2, -0.15) is 0 Å². The molecule has 2 fully saturated rings. The van der Waals surface area contributed by atoms with Gasteiger partial charge in [-0.3, -0.25) is 14.5 Å². The summed E-state index contributed by atoms with van der Waals surface area (Å²) in [7, 11) is 1.63. The van der Waals surface area contributed by atoms with E-state index >= 15 is 0 Å². The summed E-state index contributed by atoms with van der Waals surface area (Å²) < 4.78 is 5.18. The minimum Gasteiger partial charge on any atom is -0.497 e. The van der Waals surface area contributed by atoms with Gasteiger partial charge in [0, 0.05) is 31.9 Å². The molecule has 0 radical (unpaired) electrons. The number of ether oxygens (including phenoxy) is 1. The summed E-state index contributed by atoms with van der Waals surface area (Å²) in [5.41, 5.74) is 1.08. The Kier molecular flexibility index (Phi) is 6.06. The normalized spacial score (nSPS) is 20.0. The van der Waals surface area contributed by atoms with Gasteiger partial charge in [-0.05, 0) is 36.6 Å². The molecule has 1 aromatic carbocycles. The van der Waals surface area contributed by atoms with E-state index in [0.717, 1.165) is 16.3 Å². The van der Waals surface area contributed by atoms with Crippen LogP contribution in [0.3, 0.4) is 0 Å². The van der Waals surface area contributed by atoms with Crippen LogP contribution in [-0.4, -0.2) is 73.5 Å². The number of nitrogens with one attached hydrogen (secondary N) is 1. The van der Waals surface area contributed by atoms with E-state index in [0.29, 0.717) is 32.6 Å². The maximum absolute atomic E-state index is 12.6. The molecule has 2 saturated heterocycles. The van der Waals surface area contributed by atoms with Gasteiger partial charge in [0.2, 0.25) is 5.91 Å². The van der Waals surface area contributed by atoms with Gasteiger partial charge in [-0.1, -0.05) is 13.8 Å². The van der Waals surface area contributed by atoms with Gasteiger partial charge >= 0.3 is 6.03 Å². The van der Waals surface area contributed by atoms with E-state index in [-0.39, 0.29) is 24.3 Å². The number of amides is 4. The number of piperazine rings is 1. The third-order valence-electron chi connectivity index (χ3n) is 5.18. The summed E-state index contributed by atoms with van der Waals surface area (Å²) in [6.07, 6.45) is 0.579. The van der Waals surface area contributed by atoms with E-state index in [9.17, 15) is 14.4 Å². The smallest absolute Gasteiger partial charge is 0.325 e. The molecule has 28 heavy (non-hydrogen) atoms. The summed E-state index contributed by atoms with van der Waals surface area (Å²) in [6.45, 7) is 6.32. The van der Waals surface area contributed by atoms with Gasteiger partial charge in [0.25, 0.3) is 5.91 Å². The fourth-order valence-electron chi connectivity index (χ4n) is 3.60. The number of rotatable bonds is 6. The summed E-state index contributed by atoms with van der Waals surface area (Å²) >= 11 is 0. The number of hydrogen-bond donors (Lipinski definition) is 1. The molecule has 1 atom stereocenters. The second-order valence-electron chi connectivity index (χ2n) is 7.62. The fourth-order valence-corrected chi connectivity index (χ4v) is 3.60. The van der Waals surface area contributed by atoms with Crippen LogP contribution in [0.1, 0.15) is 20.3 Å². The van der Waals surface area contributed by atoms with Crippen LogP contribution in [0.25, 0.3) is 0 Å². The lowest BCUT2D eigenvalue weighted by atomic mass is 10.0. The number of imide groups is 1. The Morgan fingerprint density at radius 2 is 1.79 bits per heavy atom. The van der Waals surface area contributed by atoms with Gasteiger partial charge in [-0.15, -0.1) is 0 Å². The second kappa shape index (κ2) is 8.50. The average molecular weight is 388 g/mol. The molecular formula is C20H28N4O4. The van der Waals surface area contributed by atoms with Crippen molar-refractivity contribution >= 4 is 23.5 Å².